The summed E-state index contributed by atoms with van der Waals surface area (Å²) >= 11 is 3.49. The number of anilines is 2. The van der Waals surface area contributed by atoms with Crippen LogP contribution in [-0.4, -0.2) is 44.7 Å². The molecule has 1 aromatic carbocycles. The molecule has 2 fully saturated rings. The van der Waals surface area contributed by atoms with Gasteiger partial charge in [0, 0.05) is 16.9 Å². The molecular formula is C23H26BrN5O3. The number of hydrogen-bond donors (Lipinski definition) is 1. The molecule has 0 spiro atoms. The van der Waals surface area contributed by atoms with Crippen molar-refractivity contribution >= 4 is 39.2 Å². The summed E-state index contributed by atoms with van der Waals surface area (Å²) in [5.74, 6) is 1.12. The maximum atomic E-state index is 12.7. The second-order valence-corrected chi connectivity index (χ2v) is 9.99. The number of ether oxygens (including phenoxy) is 2. The van der Waals surface area contributed by atoms with Crippen molar-refractivity contribution in [3.63, 3.8) is 0 Å². The first-order chi connectivity index (χ1) is 15.2. The van der Waals surface area contributed by atoms with Crippen molar-refractivity contribution in [3.8, 4) is 5.88 Å². The van der Waals surface area contributed by atoms with Crippen molar-refractivity contribution in [2.45, 2.75) is 70.7 Å². The molecular weight excluding hydrogens is 474 g/mol. The molecule has 8 nitrogen and oxygen atoms in total. The van der Waals surface area contributed by atoms with Crippen LogP contribution in [0.2, 0.25) is 0 Å². The standard InChI is InChI=1S/C23H26BrN5O3/c1-13-20(28-17-8-6-14(25-5)10-16(17)24)26-12-27-21(13)31-19-11-15-7-9-18(19)29(15)22(30)32-23(2,3)4/h6,8,10,12,15,18-19H,7,9,11H2,1-4H3,(H,26,27,28)/t15?,18?,19-/m0/s1. The summed E-state index contributed by atoms with van der Waals surface area (Å²) in [4.78, 5) is 26.7. The van der Waals surface area contributed by atoms with E-state index in [0.29, 0.717) is 17.4 Å². The highest BCUT2D eigenvalue weighted by atomic mass is 79.9. The van der Waals surface area contributed by atoms with Gasteiger partial charge in [-0.3, -0.25) is 4.90 Å². The van der Waals surface area contributed by atoms with Crippen LogP contribution in [0.25, 0.3) is 4.85 Å². The molecule has 1 N–H and O–H groups in total. The van der Waals surface area contributed by atoms with Crippen LogP contribution in [0.3, 0.4) is 0 Å². The molecule has 2 saturated heterocycles. The molecule has 32 heavy (non-hydrogen) atoms. The Balaban J connectivity index is 1.49. The topological polar surface area (TPSA) is 80.9 Å². The van der Waals surface area contributed by atoms with E-state index in [9.17, 15) is 4.79 Å². The zero-order chi connectivity index (χ0) is 23.0. The molecule has 2 aromatic rings. The van der Waals surface area contributed by atoms with Gasteiger partial charge in [0.15, 0.2) is 5.69 Å². The van der Waals surface area contributed by atoms with Gasteiger partial charge in [0.2, 0.25) is 5.88 Å². The molecule has 9 heteroatoms. The highest BCUT2D eigenvalue weighted by Gasteiger charge is 2.51. The molecule has 168 valence electrons. The Bertz CT molecular complexity index is 1080. The fourth-order valence-corrected chi connectivity index (χ4v) is 4.75. The van der Waals surface area contributed by atoms with Crippen molar-refractivity contribution in [2.75, 3.05) is 5.32 Å². The Morgan fingerprint density at radius 3 is 2.78 bits per heavy atom. The largest absolute Gasteiger partial charge is 0.472 e. The van der Waals surface area contributed by atoms with Crippen LogP contribution >= 0.6 is 15.9 Å². The number of amides is 1. The van der Waals surface area contributed by atoms with Gasteiger partial charge >= 0.3 is 6.09 Å². The van der Waals surface area contributed by atoms with Gasteiger partial charge < -0.3 is 14.8 Å². The predicted octanol–water partition coefficient (Wildman–Crippen LogP) is 5.76. The summed E-state index contributed by atoms with van der Waals surface area (Å²) < 4.78 is 12.7. The summed E-state index contributed by atoms with van der Waals surface area (Å²) in [6, 6.07) is 5.44. The van der Waals surface area contributed by atoms with Gasteiger partial charge in [-0.15, -0.1) is 0 Å². The van der Waals surface area contributed by atoms with Crippen molar-refractivity contribution < 1.29 is 14.3 Å². The summed E-state index contributed by atoms with van der Waals surface area (Å²) in [5.41, 5.74) is 1.60. The number of rotatable bonds is 4. The zero-order valence-corrected chi connectivity index (χ0v) is 20.1. The molecule has 0 aliphatic carbocycles. The summed E-state index contributed by atoms with van der Waals surface area (Å²) in [6.45, 7) is 14.7. The molecule has 2 aliphatic heterocycles. The van der Waals surface area contributed by atoms with Gasteiger partial charge in [-0.25, -0.2) is 19.6 Å². The highest BCUT2D eigenvalue weighted by Crippen LogP contribution is 2.41. The van der Waals surface area contributed by atoms with Gasteiger partial charge in [-0.05, 0) is 68.6 Å². The van der Waals surface area contributed by atoms with Crippen LogP contribution in [-0.2, 0) is 4.74 Å². The molecule has 3 atom stereocenters. The normalized spacial score (nSPS) is 21.9. The third kappa shape index (κ3) is 4.51. The molecule has 0 radical (unpaired) electrons. The lowest BCUT2D eigenvalue weighted by atomic mass is 9.98. The summed E-state index contributed by atoms with van der Waals surface area (Å²) in [5, 5.41) is 3.28. The Morgan fingerprint density at radius 1 is 1.31 bits per heavy atom. The van der Waals surface area contributed by atoms with E-state index < -0.39 is 5.60 Å². The van der Waals surface area contributed by atoms with E-state index in [4.69, 9.17) is 16.0 Å². The second kappa shape index (κ2) is 8.58. The first-order valence-electron chi connectivity index (χ1n) is 10.6. The lowest BCUT2D eigenvalue weighted by molar-refractivity contribution is 0.0180. The average Bonchev–Trinajstić information content (AvgIpc) is 3.29. The third-order valence-electron chi connectivity index (χ3n) is 5.72. The van der Waals surface area contributed by atoms with E-state index >= 15 is 0 Å². The fraction of sp³-hybridized carbons (Fsp3) is 0.478. The minimum atomic E-state index is -0.527. The third-order valence-corrected chi connectivity index (χ3v) is 6.38. The van der Waals surface area contributed by atoms with E-state index in [0.717, 1.165) is 35.0 Å². The van der Waals surface area contributed by atoms with Crippen LogP contribution in [0.5, 0.6) is 5.88 Å². The van der Waals surface area contributed by atoms with E-state index in [1.165, 1.54) is 6.33 Å². The molecule has 1 aromatic heterocycles. The molecule has 2 aliphatic rings. The van der Waals surface area contributed by atoms with Gasteiger partial charge in [-0.2, -0.15) is 0 Å². The summed E-state index contributed by atoms with van der Waals surface area (Å²) in [7, 11) is 0. The van der Waals surface area contributed by atoms with Crippen LogP contribution in [0.15, 0.2) is 29.0 Å². The first kappa shape index (κ1) is 22.3. The number of nitrogens with zero attached hydrogens (tertiary/aromatic N) is 4. The van der Waals surface area contributed by atoms with Crippen molar-refractivity contribution in [2.24, 2.45) is 0 Å². The number of fused-ring (bicyclic) bond motifs is 2. The van der Waals surface area contributed by atoms with Crippen LogP contribution in [0, 0.1) is 13.5 Å². The van der Waals surface area contributed by atoms with Crippen molar-refractivity contribution in [1.82, 2.24) is 14.9 Å². The Hall–Kier alpha value is -2.86. The summed E-state index contributed by atoms with van der Waals surface area (Å²) in [6.07, 6.45) is 3.68. The lowest BCUT2D eigenvalue weighted by Gasteiger charge is -2.28. The molecule has 2 unspecified atom stereocenters. The number of hydrogen-bond acceptors (Lipinski definition) is 6. The van der Waals surface area contributed by atoms with Gasteiger partial charge in [0.1, 0.15) is 23.9 Å². The van der Waals surface area contributed by atoms with E-state index in [1.807, 2.05) is 38.7 Å². The highest BCUT2D eigenvalue weighted by molar-refractivity contribution is 9.10. The lowest BCUT2D eigenvalue weighted by Crippen LogP contribution is -2.42. The average molecular weight is 500 g/mol. The SMILES string of the molecule is [C-]#[N+]c1ccc(Nc2ncnc(O[C@H]3CC4CCC3N4C(=O)OC(C)(C)C)c2C)c(Br)c1. The molecule has 4 rings (SSSR count). The van der Waals surface area contributed by atoms with Crippen LogP contribution in [0.1, 0.15) is 45.6 Å². The smallest absolute Gasteiger partial charge is 0.410 e. The number of aromatic nitrogens is 2. The Morgan fingerprint density at radius 2 is 2.09 bits per heavy atom. The van der Waals surface area contributed by atoms with E-state index in [-0.39, 0.29) is 24.3 Å². The number of nitrogens with one attached hydrogen (secondary N) is 1. The molecule has 0 saturated carbocycles. The molecule has 2 bridgehead atoms. The first-order valence-corrected chi connectivity index (χ1v) is 11.4. The quantitative estimate of drug-likeness (QED) is 0.538. The van der Waals surface area contributed by atoms with Crippen LogP contribution < -0.4 is 10.1 Å². The second-order valence-electron chi connectivity index (χ2n) is 9.13. The maximum Gasteiger partial charge on any atom is 0.410 e. The van der Waals surface area contributed by atoms with Crippen LogP contribution in [0.4, 0.5) is 22.0 Å². The van der Waals surface area contributed by atoms with Crippen molar-refractivity contribution in [3.05, 3.63) is 46.0 Å². The molecule has 1 amide bonds. The van der Waals surface area contributed by atoms with Gasteiger partial charge in [-0.1, -0.05) is 6.07 Å². The Labute approximate surface area is 196 Å². The number of halogens is 1. The van der Waals surface area contributed by atoms with Gasteiger partial charge in [0.25, 0.3) is 0 Å². The zero-order valence-electron chi connectivity index (χ0n) is 18.6. The van der Waals surface area contributed by atoms with E-state index in [1.54, 1.807) is 12.1 Å². The Kier molecular flexibility index (Phi) is 5.99. The number of carbonyl (C=O) groups excluding carboxylic acids is 1. The number of carbonyl (C=O) groups is 1. The minimum Gasteiger partial charge on any atom is -0.472 e. The number of benzene rings is 1. The van der Waals surface area contributed by atoms with Gasteiger partial charge in [0.05, 0.1) is 23.9 Å². The fourth-order valence-electron chi connectivity index (χ4n) is 4.28. The maximum absolute atomic E-state index is 12.7. The predicted molar refractivity (Wildman–Crippen MR) is 124 cm³/mol. The minimum absolute atomic E-state index is 0.0177. The monoisotopic (exact) mass is 499 g/mol. The van der Waals surface area contributed by atoms with Crippen molar-refractivity contribution in [1.29, 1.82) is 0 Å². The molecule has 3 heterocycles. The van der Waals surface area contributed by atoms with E-state index in [2.05, 4.69) is 36.1 Å².